The lowest BCUT2D eigenvalue weighted by Gasteiger charge is -2.30. The van der Waals surface area contributed by atoms with Crippen molar-refractivity contribution in [3.05, 3.63) is 77.9 Å². The van der Waals surface area contributed by atoms with Crippen LogP contribution < -0.4 is 19.7 Å². The molecule has 2 N–H and O–H groups in total. The molecule has 0 bridgehead atoms. The molecule has 0 atom stereocenters. The Bertz CT molecular complexity index is 1270. The van der Waals surface area contributed by atoms with Crippen LogP contribution in [-0.4, -0.2) is 47.7 Å². The van der Waals surface area contributed by atoms with E-state index in [0.717, 1.165) is 5.56 Å². The van der Waals surface area contributed by atoms with Crippen molar-refractivity contribution < 1.29 is 22.7 Å². The molecule has 0 saturated carbocycles. The fraction of sp³-hybridized carbons (Fsp3) is 0.240. The van der Waals surface area contributed by atoms with Crippen LogP contribution in [0.1, 0.15) is 15.9 Å². The molecule has 0 unspecified atom stereocenters. The van der Waals surface area contributed by atoms with Gasteiger partial charge in [0.25, 0.3) is 15.9 Å². The molecule has 4 rings (SSSR count). The number of nitrogens with zero attached hydrogens (tertiary/aromatic N) is 1. The van der Waals surface area contributed by atoms with Gasteiger partial charge in [-0.2, -0.15) is 0 Å². The minimum Gasteiger partial charge on any atom is -0.497 e. The quantitative estimate of drug-likeness (QED) is 0.531. The van der Waals surface area contributed by atoms with Gasteiger partial charge in [0.15, 0.2) is 0 Å². The van der Waals surface area contributed by atoms with Crippen molar-refractivity contribution in [2.45, 2.75) is 11.8 Å². The molecule has 178 valence electrons. The molecule has 0 radical (unpaired) electrons. The molecule has 0 aliphatic carbocycles. The smallest absolute Gasteiger partial charge is 0.264 e. The lowest BCUT2D eigenvalue weighted by molar-refractivity contribution is 0.102. The van der Waals surface area contributed by atoms with Crippen molar-refractivity contribution in [3.8, 4) is 5.75 Å². The summed E-state index contributed by atoms with van der Waals surface area (Å²) >= 11 is 0. The third kappa shape index (κ3) is 5.49. The molecule has 34 heavy (non-hydrogen) atoms. The number of amides is 1. The van der Waals surface area contributed by atoms with E-state index in [1.807, 2.05) is 17.9 Å². The Morgan fingerprint density at radius 1 is 0.971 bits per heavy atom. The highest BCUT2D eigenvalue weighted by Crippen LogP contribution is 2.31. The van der Waals surface area contributed by atoms with Crippen molar-refractivity contribution in [3.63, 3.8) is 0 Å². The summed E-state index contributed by atoms with van der Waals surface area (Å²) in [6.45, 7) is 4.07. The second-order valence-electron chi connectivity index (χ2n) is 7.94. The summed E-state index contributed by atoms with van der Waals surface area (Å²) in [5.41, 5.74) is 2.81. The summed E-state index contributed by atoms with van der Waals surface area (Å²) in [5.74, 6) is 0.312. The van der Waals surface area contributed by atoms with Gasteiger partial charge in [-0.3, -0.25) is 9.52 Å². The predicted molar refractivity (Wildman–Crippen MR) is 132 cm³/mol. The van der Waals surface area contributed by atoms with Gasteiger partial charge in [0.05, 0.1) is 26.0 Å². The van der Waals surface area contributed by atoms with Crippen LogP contribution in [0.3, 0.4) is 0 Å². The number of nitrogens with one attached hydrogen (secondary N) is 2. The Morgan fingerprint density at radius 3 is 2.35 bits per heavy atom. The molecule has 0 aromatic heterocycles. The van der Waals surface area contributed by atoms with Crippen molar-refractivity contribution >= 4 is 33.0 Å². The molecule has 9 heteroatoms. The molecule has 1 fully saturated rings. The number of anilines is 3. The molecular formula is C25H27N3O5S. The third-order valence-electron chi connectivity index (χ3n) is 5.48. The SMILES string of the molecule is COc1ccc(NS(=O)(=O)c2cc(NC(=O)c3cccc(C)c3)ccc2N2CCOCC2)cc1. The van der Waals surface area contributed by atoms with E-state index in [2.05, 4.69) is 10.0 Å². The van der Waals surface area contributed by atoms with Crippen molar-refractivity contribution in [1.82, 2.24) is 0 Å². The zero-order chi connectivity index (χ0) is 24.1. The summed E-state index contributed by atoms with van der Waals surface area (Å²) in [6, 6.07) is 18.8. The van der Waals surface area contributed by atoms with Gasteiger partial charge in [0, 0.05) is 30.0 Å². The molecule has 0 spiro atoms. The van der Waals surface area contributed by atoms with E-state index in [-0.39, 0.29) is 10.8 Å². The molecule has 8 nitrogen and oxygen atoms in total. The van der Waals surface area contributed by atoms with Crippen LogP contribution in [0.15, 0.2) is 71.6 Å². The van der Waals surface area contributed by atoms with Crippen molar-refractivity contribution in [2.24, 2.45) is 0 Å². The number of methoxy groups -OCH3 is 1. The van der Waals surface area contributed by atoms with Crippen LogP contribution >= 0.6 is 0 Å². The molecule has 1 saturated heterocycles. The molecular weight excluding hydrogens is 454 g/mol. The zero-order valence-corrected chi connectivity index (χ0v) is 19.9. The normalized spacial score (nSPS) is 13.9. The number of rotatable bonds is 7. The largest absolute Gasteiger partial charge is 0.497 e. The van der Waals surface area contributed by atoms with Gasteiger partial charge in [-0.15, -0.1) is 0 Å². The van der Waals surface area contributed by atoms with Gasteiger partial charge in [-0.1, -0.05) is 17.7 Å². The van der Waals surface area contributed by atoms with Gasteiger partial charge < -0.3 is 19.7 Å². The number of ether oxygens (including phenoxy) is 2. The summed E-state index contributed by atoms with van der Waals surface area (Å²) in [7, 11) is -2.42. The predicted octanol–water partition coefficient (Wildman–Crippen LogP) is 3.89. The Hall–Kier alpha value is -3.56. The van der Waals surface area contributed by atoms with E-state index in [9.17, 15) is 13.2 Å². The number of hydrogen-bond donors (Lipinski definition) is 2. The van der Waals surface area contributed by atoms with E-state index in [1.54, 1.807) is 61.7 Å². The van der Waals surface area contributed by atoms with Crippen LogP contribution in [0.4, 0.5) is 17.1 Å². The monoisotopic (exact) mass is 481 g/mol. The van der Waals surface area contributed by atoms with Gasteiger partial charge >= 0.3 is 0 Å². The van der Waals surface area contributed by atoms with Crippen molar-refractivity contribution in [2.75, 3.05) is 48.4 Å². The second-order valence-corrected chi connectivity index (χ2v) is 9.59. The Labute approximate surface area is 199 Å². The number of carbonyl (C=O) groups is 1. The van der Waals surface area contributed by atoms with Crippen LogP contribution in [0.25, 0.3) is 0 Å². The molecule has 3 aromatic carbocycles. The number of sulfonamides is 1. The van der Waals surface area contributed by atoms with Crippen LogP contribution in [0.5, 0.6) is 5.75 Å². The molecule has 1 aliphatic rings. The number of benzene rings is 3. The number of aryl methyl sites for hydroxylation is 1. The lowest BCUT2D eigenvalue weighted by atomic mass is 10.1. The van der Waals surface area contributed by atoms with Gasteiger partial charge in [0.1, 0.15) is 10.6 Å². The number of carbonyl (C=O) groups excluding carboxylic acids is 1. The maximum absolute atomic E-state index is 13.5. The third-order valence-corrected chi connectivity index (χ3v) is 6.89. The molecule has 1 aliphatic heterocycles. The summed E-state index contributed by atoms with van der Waals surface area (Å²) in [5, 5.41) is 2.82. The van der Waals surface area contributed by atoms with E-state index in [0.29, 0.717) is 54.7 Å². The first-order chi connectivity index (χ1) is 16.4. The first-order valence-corrected chi connectivity index (χ1v) is 12.4. The first-order valence-electron chi connectivity index (χ1n) is 10.9. The first kappa shape index (κ1) is 23.6. The van der Waals surface area contributed by atoms with Crippen LogP contribution in [0.2, 0.25) is 0 Å². The molecule has 1 amide bonds. The van der Waals surface area contributed by atoms with Gasteiger partial charge in [-0.25, -0.2) is 8.42 Å². The van der Waals surface area contributed by atoms with Crippen molar-refractivity contribution in [1.29, 1.82) is 0 Å². The standard InChI is InChI=1S/C25H27N3O5S/c1-18-4-3-5-19(16-18)25(29)26-21-8-11-23(28-12-14-33-15-13-28)24(17-21)34(30,31)27-20-6-9-22(32-2)10-7-20/h3-11,16-17,27H,12-15H2,1-2H3,(H,26,29). The highest BCUT2D eigenvalue weighted by molar-refractivity contribution is 7.92. The van der Waals surface area contributed by atoms with E-state index in [4.69, 9.17) is 9.47 Å². The zero-order valence-electron chi connectivity index (χ0n) is 19.1. The van der Waals surface area contributed by atoms with Crippen LogP contribution in [-0.2, 0) is 14.8 Å². The summed E-state index contributed by atoms with van der Waals surface area (Å²) in [6.07, 6.45) is 0. The summed E-state index contributed by atoms with van der Waals surface area (Å²) < 4.78 is 40.1. The topological polar surface area (TPSA) is 97.0 Å². The average molecular weight is 482 g/mol. The maximum atomic E-state index is 13.5. The fourth-order valence-corrected chi connectivity index (χ4v) is 5.04. The van der Waals surface area contributed by atoms with E-state index in [1.165, 1.54) is 6.07 Å². The number of morpholine rings is 1. The molecule has 3 aromatic rings. The molecule has 1 heterocycles. The average Bonchev–Trinajstić information content (AvgIpc) is 2.85. The maximum Gasteiger partial charge on any atom is 0.264 e. The Balaban J connectivity index is 1.67. The fourth-order valence-electron chi connectivity index (χ4n) is 3.73. The second kappa shape index (κ2) is 10.1. The highest BCUT2D eigenvalue weighted by Gasteiger charge is 2.24. The van der Waals surface area contributed by atoms with Gasteiger partial charge in [0.2, 0.25) is 0 Å². The Morgan fingerprint density at radius 2 is 1.68 bits per heavy atom. The van der Waals surface area contributed by atoms with E-state index >= 15 is 0 Å². The van der Waals surface area contributed by atoms with Crippen LogP contribution in [0, 0.1) is 6.92 Å². The highest BCUT2D eigenvalue weighted by atomic mass is 32.2. The van der Waals surface area contributed by atoms with Gasteiger partial charge in [-0.05, 0) is 61.5 Å². The minimum absolute atomic E-state index is 0.0762. The summed E-state index contributed by atoms with van der Waals surface area (Å²) in [4.78, 5) is 14.8. The number of hydrogen-bond acceptors (Lipinski definition) is 6. The Kier molecular flexibility index (Phi) is 7.04. The lowest BCUT2D eigenvalue weighted by Crippen LogP contribution is -2.37. The van der Waals surface area contributed by atoms with E-state index < -0.39 is 10.0 Å². The minimum atomic E-state index is -3.97.